The Balaban J connectivity index is 2.03. The van der Waals surface area contributed by atoms with E-state index in [1.807, 2.05) is 6.92 Å². The van der Waals surface area contributed by atoms with Gasteiger partial charge < -0.3 is 39.4 Å². The molecule has 0 amide bonds. The quantitative estimate of drug-likeness (QED) is 0.0527. The van der Waals surface area contributed by atoms with Crippen molar-refractivity contribution in [2.75, 3.05) is 26.4 Å². The molecule has 0 aromatic rings. The lowest BCUT2D eigenvalue weighted by molar-refractivity contribution is -0.305. The fraction of sp³-hybridized carbons (Fsp3) is 0.971. The molecule has 1 fully saturated rings. The van der Waals surface area contributed by atoms with Gasteiger partial charge in [0.25, 0.3) is 0 Å². The summed E-state index contributed by atoms with van der Waals surface area (Å²) in [5.74, 6) is -0.364. The van der Waals surface area contributed by atoms with E-state index in [4.69, 9.17) is 18.9 Å². The van der Waals surface area contributed by atoms with Gasteiger partial charge in [-0.05, 0) is 12.8 Å². The lowest BCUT2D eigenvalue weighted by atomic mass is 9.99. The lowest BCUT2D eigenvalue weighted by Gasteiger charge is -2.39. The molecule has 0 aromatic carbocycles. The zero-order valence-corrected chi connectivity index (χ0v) is 28.2. The number of ether oxygens (including phenoxy) is 4. The first kappa shape index (κ1) is 41.2. The topological polar surface area (TPSA) is 135 Å². The molecule has 1 aliphatic rings. The van der Waals surface area contributed by atoms with Gasteiger partial charge in [0.05, 0.1) is 19.8 Å². The molecule has 6 unspecified atom stereocenters. The van der Waals surface area contributed by atoms with Crippen molar-refractivity contribution in [3.63, 3.8) is 0 Å². The molecule has 0 radical (unpaired) electrons. The standard InChI is InChI=1S/C35H68O9/c1-3-5-6-7-8-9-10-11-12-13-14-15-16-17-18-19-20-21-22-23-25-41-27-29(43-31(37)24-4-2)28-42-35-34(40)33(39)32(38)30(26-36)44-35/h29-30,32-36,38-40H,3-28H2,1-2H3. The molecule has 1 heterocycles. The number of esters is 1. The molecule has 0 bridgehead atoms. The number of rotatable bonds is 30. The van der Waals surface area contributed by atoms with Crippen LogP contribution in [-0.2, 0) is 23.7 Å². The van der Waals surface area contributed by atoms with Crippen molar-refractivity contribution in [1.82, 2.24) is 0 Å². The van der Waals surface area contributed by atoms with Crippen LogP contribution in [0.1, 0.15) is 155 Å². The van der Waals surface area contributed by atoms with Gasteiger partial charge in [-0.2, -0.15) is 0 Å². The second-order valence-corrected chi connectivity index (χ2v) is 12.7. The van der Waals surface area contributed by atoms with Gasteiger partial charge >= 0.3 is 5.97 Å². The van der Waals surface area contributed by atoms with Gasteiger partial charge in [0, 0.05) is 13.0 Å². The molecule has 0 spiro atoms. The van der Waals surface area contributed by atoms with Crippen molar-refractivity contribution in [2.45, 2.75) is 192 Å². The van der Waals surface area contributed by atoms with Crippen molar-refractivity contribution >= 4 is 5.97 Å². The number of carbonyl (C=O) groups excluding carboxylic acids is 1. The first-order valence-corrected chi connectivity index (χ1v) is 18.1. The van der Waals surface area contributed by atoms with Crippen LogP contribution in [0, 0.1) is 0 Å². The maximum atomic E-state index is 12.1. The highest BCUT2D eigenvalue weighted by Gasteiger charge is 2.44. The molecular weight excluding hydrogens is 564 g/mol. The van der Waals surface area contributed by atoms with E-state index in [9.17, 15) is 25.2 Å². The van der Waals surface area contributed by atoms with Gasteiger partial charge in [-0.3, -0.25) is 4.79 Å². The molecule has 0 aromatic heterocycles. The third-order valence-electron chi connectivity index (χ3n) is 8.49. The third kappa shape index (κ3) is 20.3. The maximum Gasteiger partial charge on any atom is 0.306 e. The summed E-state index contributed by atoms with van der Waals surface area (Å²) in [6.07, 6.45) is 20.1. The third-order valence-corrected chi connectivity index (χ3v) is 8.49. The first-order chi connectivity index (χ1) is 21.4. The number of hydrogen-bond acceptors (Lipinski definition) is 9. The molecule has 262 valence electrons. The van der Waals surface area contributed by atoms with Gasteiger partial charge in [0.1, 0.15) is 30.5 Å². The minimum Gasteiger partial charge on any atom is -0.457 e. The Hall–Kier alpha value is -0.810. The molecule has 0 saturated carbocycles. The second-order valence-electron chi connectivity index (χ2n) is 12.7. The van der Waals surface area contributed by atoms with E-state index in [-0.39, 0.29) is 25.6 Å². The Morgan fingerprint density at radius 3 is 1.57 bits per heavy atom. The van der Waals surface area contributed by atoms with Crippen molar-refractivity contribution in [3.05, 3.63) is 0 Å². The van der Waals surface area contributed by atoms with E-state index >= 15 is 0 Å². The van der Waals surface area contributed by atoms with E-state index in [0.29, 0.717) is 13.0 Å². The summed E-state index contributed by atoms with van der Waals surface area (Å²) in [5, 5.41) is 39.4. The number of hydrogen-bond donors (Lipinski definition) is 4. The molecule has 4 N–H and O–H groups in total. The van der Waals surface area contributed by atoms with Gasteiger partial charge in [-0.25, -0.2) is 0 Å². The molecule has 9 heteroatoms. The average molecular weight is 633 g/mol. The molecule has 1 rings (SSSR count). The van der Waals surface area contributed by atoms with E-state index < -0.39 is 43.4 Å². The zero-order chi connectivity index (χ0) is 32.3. The molecule has 6 atom stereocenters. The van der Waals surface area contributed by atoms with Crippen molar-refractivity contribution in [1.29, 1.82) is 0 Å². The molecule has 44 heavy (non-hydrogen) atoms. The van der Waals surface area contributed by atoms with Crippen LogP contribution in [-0.4, -0.2) is 89.6 Å². The maximum absolute atomic E-state index is 12.1. The monoisotopic (exact) mass is 632 g/mol. The van der Waals surface area contributed by atoms with Gasteiger partial charge in [-0.1, -0.05) is 136 Å². The number of aliphatic hydroxyl groups is 4. The smallest absolute Gasteiger partial charge is 0.306 e. The summed E-state index contributed by atoms with van der Waals surface area (Å²) in [6, 6.07) is 0. The predicted molar refractivity (Wildman–Crippen MR) is 173 cm³/mol. The van der Waals surface area contributed by atoms with Gasteiger partial charge in [0.15, 0.2) is 6.29 Å². The minimum absolute atomic E-state index is 0.114. The van der Waals surface area contributed by atoms with Gasteiger partial charge in [-0.15, -0.1) is 0 Å². The average Bonchev–Trinajstić information content (AvgIpc) is 3.01. The highest BCUT2D eigenvalue weighted by atomic mass is 16.7. The van der Waals surface area contributed by atoms with Crippen LogP contribution < -0.4 is 0 Å². The molecule has 1 saturated heterocycles. The van der Waals surface area contributed by atoms with Crippen molar-refractivity contribution in [2.24, 2.45) is 0 Å². The normalized spacial score (nSPS) is 22.7. The summed E-state index contributed by atoms with van der Waals surface area (Å²) < 4.78 is 22.2. The Bertz CT molecular complexity index is 648. The molecule has 9 nitrogen and oxygen atoms in total. The van der Waals surface area contributed by atoms with Crippen LogP contribution in [0.5, 0.6) is 0 Å². The fourth-order valence-corrected chi connectivity index (χ4v) is 5.65. The lowest BCUT2D eigenvalue weighted by Crippen LogP contribution is -2.59. The van der Waals surface area contributed by atoms with E-state index in [1.165, 1.54) is 116 Å². The Labute approximate surface area is 268 Å². The zero-order valence-electron chi connectivity index (χ0n) is 28.2. The van der Waals surface area contributed by atoms with Crippen LogP contribution in [0.3, 0.4) is 0 Å². The summed E-state index contributed by atoms with van der Waals surface area (Å²) >= 11 is 0. The fourth-order valence-electron chi connectivity index (χ4n) is 5.65. The Morgan fingerprint density at radius 2 is 1.11 bits per heavy atom. The molecule has 0 aliphatic carbocycles. The highest BCUT2D eigenvalue weighted by molar-refractivity contribution is 5.69. The minimum atomic E-state index is -1.53. The SMILES string of the molecule is CCCCCCCCCCCCCCCCCCCCCCOCC(COC1OC(CO)C(O)C(O)C1O)OC(=O)CCC. The van der Waals surface area contributed by atoms with E-state index in [0.717, 1.165) is 12.8 Å². The van der Waals surface area contributed by atoms with Crippen molar-refractivity contribution < 1.29 is 44.2 Å². The molecular formula is C35H68O9. The van der Waals surface area contributed by atoms with Crippen LogP contribution >= 0.6 is 0 Å². The van der Waals surface area contributed by atoms with Crippen LogP contribution in [0.15, 0.2) is 0 Å². The van der Waals surface area contributed by atoms with E-state index in [2.05, 4.69) is 6.92 Å². The van der Waals surface area contributed by atoms with E-state index in [1.54, 1.807) is 0 Å². The van der Waals surface area contributed by atoms with Crippen molar-refractivity contribution in [3.8, 4) is 0 Å². The predicted octanol–water partition coefficient (Wildman–Crippen LogP) is 6.35. The Morgan fingerprint density at radius 1 is 0.636 bits per heavy atom. The molecule has 1 aliphatic heterocycles. The highest BCUT2D eigenvalue weighted by Crippen LogP contribution is 2.22. The summed E-state index contributed by atoms with van der Waals surface area (Å²) in [7, 11) is 0. The number of carbonyl (C=O) groups is 1. The second kappa shape index (κ2) is 28.4. The van der Waals surface area contributed by atoms with Gasteiger partial charge in [0.2, 0.25) is 0 Å². The van der Waals surface area contributed by atoms with Crippen LogP contribution in [0.2, 0.25) is 0 Å². The Kier molecular flexibility index (Phi) is 26.6. The number of aliphatic hydroxyl groups excluding tert-OH is 4. The van der Waals surface area contributed by atoms with Crippen LogP contribution in [0.4, 0.5) is 0 Å². The number of unbranched alkanes of at least 4 members (excludes halogenated alkanes) is 19. The summed E-state index contributed by atoms with van der Waals surface area (Å²) in [4.78, 5) is 12.1. The summed E-state index contributed by atoms with van der Waals surface area (Å²) in [6.45, 7) is 4.21. The summed E-state index contributed by atoms with van der Waals surface area (Å²) in [5.41, 5.74) is 0. The first-order valence-electron chi connectivity index (χ1n) is 18.1. The largest absolute Gasteiger partial charge is 0.457 e. The van der Waals surface area contributed by atoms with Crippen LogP contribution in [0.25, 0.3) is 0 Å².